The van der Waals surface area contributed by atoms with Crippen LogP contribution in [0.3, 0.4) is 0 Å². The van der Waals surface area contributed by atoms with Crippen molar-refractivity contribution in [2.75, 3.05) is 6.54 Å². The predicted molar refractivity (Wildman–Crippen MR) is 144 cm³/mol. The zero-order valence-corrected chi connectivity index (χ0v) is 19.6. The average Bonchev–Trinajstić information content (AvgIpc) is 3.63. The number of H-pyrrole nitrogens is 2. The van der Waals surface area contributed by atoms with Gasteiger partial charge in [0.15, 0.2) is 5.96 Å². The van der Waals surface area contributed by atoms with Gasteiger partial charge in [0.2, 0.25) is 0 Å². The first kappa shape index (κ1) is 24.4. The van der Waals surface area contributed by atoms with E-state index in [-0.39, 0.29) is 5.96 Å². The average molecular weight is 485 g/mol. The summed E-state index contributed by atoms with van der Waals surface area (Å²) in [4.78, 5) is 29.9. The summed E-state index contributed by atoms with van der Waals surface area (Å²) in [6.07, 6.45) is 9.00. The number of carbonyl (C=O) groups is 1. The Bertz CT molecular complexity index is 1400. The van der Waals surface area contributed by atoms with Crippen molar-refractivity contribution in [1.82, 2.24) is 19.9 Å². The molecule has 0 fully saturated rings. The summed E-state index contributed by atoms with van der Waals surface area (Å²) in [7, 11) is 0. The Morgan fingerprint density at radius 1 is 0.806 bits per heavy atom. The van der Waals surface area contributed by atoms with E-state index >= 15 is 0 Å². The first-order valence-corrected chi connectivity index (χ1v) is 11.4. The van der Waals surface area contributed by atoms with E-state index in [1.807, 2.05) is 42.5 Å². The third-order valence-electron chi connectivity index (χ3n) is 5.33. The topological polar surface area (TPSA) is 185 Å². The summed E-state index contributed by atoms with van der Waals surface area (Å²) in [5, 5.41) is 8.38. The van der Waals surface area contributed by atoms with E-state index in [0.717, 1.165) is 44.8 Å². The van der Waals surface area contributed by atoms with E-state index in [9.17, 15) is 4.79 Å². The minimum absolute atomic E-state index is 0.0129. The van der Waals surface area contributed by atoms with Crippen molar-refractivity contribution < 1.29 is 9.90 Å². The van der Waals surface area contributed by atoms with Crippen molar-refractivity contribution in [3.63, 3.8) is 0 Å². The number of carboxylic acids is 1. The van der Waals surface area contributed by atoms with Crippen LogP contribution in [0.25, 0.3) is 46.4 Å². The molecule has 0 aromatic carbocycles. The van der Waals surface area contributed by atoms with Gasteiger partial charge in [-0.05, 0) is 85.7 Å². The quantitative estimate of drug-likeness (QED) is 0.126. The molecule has 184 valence electrons. The normalized spacial score (nSPS) is 12.5. The second kappa shape index (κ2) is 11.2. The van der Waals surface area contributed by atoms with Crippen LogP contribution in [0.5, 0.6) is 0 Å². The van der Waals surface area contributed by atoms with E-state index in [4.69, 9.17) is 22.3 Å². The lowest BCUT2D eigenvalue weighted by Crippen LogP contribution is -2.30. The lowest BCUT2D eigenvalue weighted by atomic mass is 10.2. The predicted octanol–water partition coefficient (Wildman–Crippen LogP) is 3.11. The molecule has 2 aliphatic heterocycles. The van der Waals surface area contributed by atoms with Crippen LogP contribution < -0.4 is 17.2 Å². The summed E-state index contributed by atoms with van der Waals surface area (Å²) in [6.45, 7) is 0.420. The second-order valence-electron chi connectivity index (χ2n) is 8.30. The van der Waals surface area contributed by atoms with Gasteiger partial charge in [-0.25, -0.2) is 9.97 Å². The number of nitrogens with one attached hydrogen (secondary N) is 2. The number of nitrogens with zero attached hydrogens (tertiary/aromatic N) is 3. The van der Waals surface area contributed by atoms with Crippen LogP contribution in [0.2, 0.25) is 0 Å². The van der Waals surface area contributed by atoms with Crippen LogP contribution in [-0.2, 0) is 4.79 Å². The van der Waals surface area contributed by atoms with Crippen LogP contribution in [0.1, 0.15) is 35.6 Å². The molecule has 0 saturated carbocycles. The fraction of sp³-hybridized carbons (Fsp3) is 0.154. The number of rotatable bonds is 5. The first-order chi connectivity index (χ1) is 17.3. The highest BCUT2D eigenvalue weighted by Crippen LogP contribution is 2.17. The van der Waals surface area contributed by atoms with Gasteiger partial charge in [0, 0.05) is 28.6 Å². The molecule has 36 heavy (non-hydrogen) atoms. The molecule has 5 heterocycles. The second-order valence-corrected chi connectivity index (χ2v) is 8.30. The highest BCUT2D eigenvalue weighted by atomic mass is 16.4. The molecule has 2 aliphatic rings. The largest absolute Gasteiger partial charge is 0.480 e. The Hall–Kier alpha value is -4.70. The molecule has 5 rings (SSSR count). The van der Waals surface area contributed by atoms with Gasteiger partial charge in [-0.2, -0.15) is 0 Å². The van der Waals surface area contributed by atoms with E-state index in [0.29, 0.717) is 19.4 Å². The molecule has 3 aromatic heterocycles. The third kappa shape index (κ3) is 6.90. The molecular weight excluding hydrogens is 456 g/mol. The number of aromatic nitrogens is 4. The Morgan fingerprint density at radius 2 is 1.25 bits per heavy atom. The summed E-state index contributed by atoms with van der Waals surface area (Å²) in [6, 6.07) is 15.6. The van der Waals surface area contributed by atoms with Gasteiger partial charge in [0.05, 0.1) is 22.8 Å². The number of aromatic amines is 2. The van der Waals surface area contributed by atoms with Crippen molar-refractivity contribution in [3.05, 3.63) is 71.3 Å². The lowest BCUT2D eigenvalue weighted by molar-refractivity contribution is -0.138. The van der Waals surface area contributed by atoms with Gasteiger partial charge in [0.1, 0.15) is 6.04 Å². The number of carboxylic acid groups (broad SMARTS) is 1. The van der Waals surface area contributed by atoms with Gasteiger partial charge in [-0.3, -0.25) is 9.79 Å². The highest BCUT2D eigenvalue weighted by molar-refractivity contribution is 5.77. The zero-order chi connectivity index (χ0) is 25.5. The fourth-order valence-electron chi connectivity index (χ4n) is 3.59. The van der Waals surface area contributed by atoms with Crippen molar-refractivity contribution in [2.45, 2.75) is 18.9 Å². The van der Waals surface area contributed by atoms with Crippen molar-refractivity contribution >= 4 is 58.3 Å². The molecule has 0 spiro atoms. The van der Waals surface area contributed by atoms with Crippen LogP contribution in [0.15, 0.2) is 53.5 Å². The van der Waals surface area contributed by atoms with E-state index in [1.165, 1.54) is 0 Å². The number of fused-ring (bicyclic) bond motifs is 8. The van der Waals surface area contributed by atoms with Crippen LogP contribution in [0, 0.1) is 0 Å². The Balaban J connectivity index is 0.000000218. The van der Waals surface area contributed by atoms with Gasteiger partial charge in [-0.1, -0.05) is 0 Å². The Kier molecular flexibility index (Phi) is 7.57. The monoisotopic (exact) mass is 484 g/mol. The number of hydrogen-bond acceptors (Lipinski definition) is 5. The van der Waals surface area contributed by atoms with Gasteiger partial charge >= 0.3 is 5.97 Å². The molecule has 0 aliphatic carbocycles. The van der Waals surface area contributed by atoms with E-state index in [2.05, 4.69) is 55.3 Å². The third-order valence-corrected chi connectivity index (χ3v) is 5.33. The minimum Gasteiger partial charge on any atom is -0.480 e. The summed E-state index contributed by atoms with van der Waals surface area (Å²) in [5.74, 6) is -0.987. The number of guanidine groups is 1. The number of aliphatic imine (C=N–C) groups is 1. The lowest BCUT2D eigenvalue weighted by Gasteiger charge is -2.03. The first-order valence-electron chi connectivity index (χ1n) is 11.4. The Labute approximate surface area is 207 Å². The smallest absolute Gasteiger partial charge is 0.320 e. The molecule has 3 aromatic rings. The number of nitrogens with two attached hydrogens (primary N) is 3. The van der Waals surface area contributed by atoms with Crippen molar-refractivity contribution in [2.24, 2.45) is 22.2 Å². The van der Waals surface area contributed by atoms with Gasteiger partial charge in [-0.15, -0.1) is 0 Å². The number of hydrogen-bond donors (Lipinski definition) is 6. The molecule has 9 N–H and O–H groups in total. The molecule has 0 radical (unpaired) electrons. The SMILES string of the molecule is C1=Cc2cc3ccc(cc4ccc(cc5nc(cc1n2)C=C5)[nH]4)[nH]3.NC(N)=NCCCC(N)C(=O)O. The van der Waals surface area contributed by atoms with Crippen LogP contribution in [-0.4, -0.2) is 49.6 Å². The molecule has 8 bridgehead atoms. The van der Waals surface area contributed by atoms with Crippen LogP contribution >= 0.6 is 0 Å². The molecule has 1 atom stereocenters. The molecule has 1 unspecified atom stereocenters. The summed E-state index contributed by atoms with van der Waals surface area (Å²) >= 11 is 0. The molecular formula is C26H28N8O2. The maximum absolute atomic E-state index is 10.2. The maximum atomic E-state index is 10.2. The van der Waals surface area contributed by atoms with Crippen molar-refractivity contribution in [1.29, 1.82) is 0 Å². The van der Waals surface area contributed by atoms with Gasteiger partial charge in [0.25, 0.3) is 0 Å². The van der Waals surface area contributed by atoms with Crippen molar-refractivity contribution in [3.8, 4) is 0 Å². The maximum Gasteiger partial charge on any atom is 0.320 e. The van der Waals surface area contributed by atoms with E-state index < -0.39 is 12.0 Å². The van der Waals surface area contributed by atoms with Gasteiger partial charge < -0.3 is 32.3 Å². The minimum atomic E-state index is -1.00. The highest BCUT2D eigenvalue weighted by Gasteiger charge is 2.09. The standard InChI is InChI=1S/C20H14N4.C6H14N4O2/c1-2-14-10-16-5-6-18(23-16)12-20-8-7-19(24-20)11-17-4-3-15(22-17)9-13(1)21-14;7-4(5(11)12)2-1-3-10-6(8)9/h1-12,21-22H;4H,1-3,7H2,(H,11,12)(H4,8,9,10). The summed E-state index contributed by atoms with van der Waals surface area (Å²) in [5.41, 5.74) is 23.2. The Morgan fingerprint density at radius 3 is 1.69 bits per heavy atom. The van der Waals surface area contributed by atoms with Crippen LogP contribution in [0.4, 0.5) is 0 Å². The summed E-state index contributed by atoms with van der Waals surface area (Å²) < 4.78 is 0. The number of aliphatic carboxylic acids is 1. The van der Waals surface area contributed by atoms with E-state index in [1.54, 1.807) is 0 Å². The zero-order valence-electron chi connectivity index (χ0n) is 19.6. The molecule has 0 amide bonds. The molecule has 0 saturated heterocycles. The molecule has 10 nitrogen and oxygen atoms in total. The fourth-order valence-corrected chi connectivity index (χ4v) is 3.59. The molecule has 10 heteroatoms.